The molecule has 3 rings (SSSR count). The van der Waals surface area contributed by atoms with Gasteiger partial charge in [-0.15, -0.1) is 0 Å². The first-order chi connectivity index (χ1) is 12.1. The van der Waals surface area contributed by atoms with Crippen molar-refractivity contribution in [1.82, 2.24) is 24.6 Å². The fourth-order valence-corrected chi connectivity index (χ4v) is 3.10. The summed E-state index contributed by atoms with van der Waals surface area (Å²) in [5, 5.41) is 4.33. The Morgan fingerprint density at radius 3 is 2.96 bits per heavy atom. The van der Waals surface area contributed by atoms with E-state index in [1.165, 1.54) is 0 Å². The molecule has 1 amide bonds. The molecule has 0 N–H and O–H groups in total. The molecule has 1 aliphatic rings. The maximum atomic E-state index is 12.6. The van der Waals surface area contributed by atoms with Gasteiger partial charge in [-0.3, -0.25) is 9.48 Å². The lowest BCUT2D eigenvalue weighted by atomic mass is 10.0. The van der Waals surface area contributed by atoms with Gasteiger partial charge in [0.1, 0.15) is 6.33 Å². The molecule has 1 fully saturated rings. The lowest BCUT2D eigenvalue weighted by molar-refractivity contribution is -0.131. The molecule has 1 aliphatic heterocycles. The average Bonchev–Trinajstić information content (AvgIpc) is 2.86. The van der Waals surface area contributed by atoms with Crippen LogP contribution in [0.15, 0.2) is 24.7 Å². The molecule has 134 valence electrons. The van der Waals surface area contributed by atoms with Crippen molar-refractivity contribution < 1.29 is 9.53 Å². The minimum atomic E-state index is 0.155. The Kier molecular flexibility index (Phi) is 5.75. The van der Waals surface area contributed by atoms with Crippen LogP contribution in [0.5, 0.6) is 0 Å². The summed E-state index contributed by atoms with van der Waals surface area (Å²) in [5.41, 5.74) is 2.93. The quantitative estimate of drug-likeness (QED) is 0.820. The largest absolute Gasteiger partial charge is 0.379 e. The van der Waals surface area contributed by atoms with Gasteiger partial charge in [-0.25, -0.2) is 9.97 Å². The van der Waals surface area contributed by atoms with Crippen molar-refractivity contribution in [1.29, 1.82) is 0 Å². The van der Waals surface area contributed by atoms with Crippen LogP contribution in [0.4, 0.5) is 0 Å². The van der Waals surface area contributed by atoms with Crippen LogP contribution in [0.25, 0.3) is 0 Å². The van der Waals surface area contributed by atoms with E-state index in [2.05, 4.69) is 15.1 Å². The number of nitrogens with zero attached hydrogens (tertiary/aromatic N) is 5. The maximum Gasteiger partial charge on any atom is 0.224 e. The summed E-state index contributed by atoms with van der Waals surface area (Å²) in [6, 6.07) is 3.95. The Bertz CT molecular complexity index is 715. The number of carbonyl (C=O) groups excluding carboxylic acids is 1. The van der Waals surface area contributed by atoms with Crippen molar-refractivity contribution >= 4 is 5.91 Å². The van der Waals surface area contributed by atoms with E-state index < -0.39 is 0 Å². The second-order valence-corrected chi connectivity index (χ2v) is 6.61. The van der Waals surface area contributed by atoms with Gasteiger partial charge < -0.3 is 9.64 Å². The zero-order valence-electron chi connectivity index (χ0n) is 14.9. The van der Waals surface area contributed by atoms with Gasteiger partial charge in [0.25, 0.3) is 0 Å². The second-order valence-electron chi connectivity index (χ2n) is 6.61. The van der Waals surface area contributed by atoms with E-state index >= 15 is 0 Å². The maximum absolute atomic E-state index is 12.6. The molecule has 0 aliphatic carbocycles. The monoisotopic (exact) mass is 343 g/mol. The highest BCUT2D eigenvalue weighted by molar-refractivity contribution is 5.76. The molecule has 1 saturated heterocycles. The number of carbonyl (C=O) groups is 1. The Labute approximate surface area is 148 Å². The van der Waals surface area contributed by atoms with Gasteiger partial charge in [0.05, 0.1) is 18.9 Å². The summed E-state index contributed by atoms with van der Waals surface area (Å²) in [5.74, 6) is 0.412. The highest BCUT2D eigenvalue weighted by Crippen LogP contribution is 2.14. The van der Waals surface area contributed by atoms with E-state index in [1.807, 2.05) is 41.8 Å². The molecular weight excluding hydrogens is 318 g/mol. The lowest BCUT2D eigenvalue weighted by Gasteiger charge is -2.23. The SMILES string of the molecule is Cc1cc(C[C@H]2COCCN(C(=O)CCn3ccc(C)n3)C2)ncn1. The van der Waals surface area contributed by atoms with Crippen molar-refractivity contribution in [3.63, 3.8) is 0 Å². The van der Waals surface area contributed by atoms with E-state index in [-0.39, 0.29) is 11.8 Å². The number of ether oxygens (including phenoxy) is 1. The third-order valence-corrected chi connectivity index (χ3v) is 4.38. The third-order valence-electron chi connectivity index (χ3n) is 4.38. The molecular formula is C18H25N5O2. The molecule has 1 atom stereocenters. The highest BCUT2D eigenvalue weighted by atomic mass is 16.5. The van der Waals surface area contributed by atoms with Crippen LogP contribution < -0.4 is 0 Å². The second kappa shape index (κ2) is 8.20. The molecule has 0 radical (unpaired) electrons. The van der Waals surface area contributed by atoms with Gasteiger partial charge in [-0.05, 0) is 32.4 Å². The summed E-state index contributed by atoms with van der Waals surface area (Å²) in [6.07, 6.45) is 4.76. The predicted molar refractivity (Wildman–Crippen MR) is 92.9 cm³/mol. The van der Waals surface area contributed by atoms with Crippen LogP contribution in [0.1, 0.15) is 23.5 Å². The first kappa shape index (κ1) is 17.5. The standard InChI is InChI=1S/C18H25N5O2/c1-14-3-5-23(21-14)6-4-18(24)22-7-8-25-12-16(11-22)10-17-9-15(2)19-13-20-17/h3,5,9,13,16H,4,6-8,10-12H2,1-2H3/t16-/m1/s1. The summed E-state index contributed by atoms with van der Waals surface area (Å²) >= 11 is 0. The number of aryl methyl sites for hydroxylation is 3. The Morgan fingerprint density at radius 2 is 2.20 bits per heavy atom. The fourth-order valence-electron chi connectivity index (χ4n) is 3.10. The van der Waals surface area contributed by atoms with Crippen molar-refractivity contribution in [2.45, 2.75) is 33.2 Å². The molecule has 25 heavy (non-hydrogen) atoms. The van der Waals surface area contributed by atoms with Crippen LogP contribution in [0, 0.1) is 19.8 Å². The number of hydrogen-bond acceptors (Lipinski definition) is 5. The molecule has 2 aromatic heterocycles. The van der Waals surface area contributed by atoms with Crippen molar-refractivity contribution in [3.05, 3.63) is 41.7 Å². The average molecular weight is 343 g/mol. The van der Waals surface area contributed by atoms with E-state index in [9.17, 15) is 4.79 Å². The Hall–Kier alpha value is -2.28. The van der Waals surface area contributed by atoms with E-state index in [0.717, 1.165) is 23.5 Å². The molecule has 0 unspecified atom stereocenters. The van der Waals surface area contributed by atoms with E-state index in [1.54, 1.807) is 6.33 Å². The zero-order valence-corrected chi connectivity index (χ0v) is 14.9. The zero-order chi connectivity index (χ0) is 17.6. The first-order valence-corrected chi connectivity index (χ1v) is 8.73. The van der Waals surface area contributed by atoms with Gasteiger partial charge in [0.2, 0.25) is 5.91 Å². The smallest absolute Gasteiger partial charge is 0.224 e. The summed E-state index contributed by atoms with van der Waals surface area (Å²) < 4.78 is 7.52. The highest BCUT2D eigenvalue weighted by Gasteiger charge is 2.23. The van der Waals surface area contributed by atoms with Gasteiger partial charge in [0.15, 0.2) is 0 Å². The van der Waals surface area contributed by atoms with Crippen molar-refractivity contribution in [2.24, 2.45) is 5.92 Å². The van der Waals surface area contributed by atoms with Crippen LogP contribution in [0.3, 0.4) is 0 Å². The van der Waals surface area contributed by atoms with Crippen molar-refractivity contribution in [2.75, 3.05) is 26.3 Å². The minimum Gasteiger partial charge on any atom is -0.379 e. The number of aromatic nitrogens is 4. The predicted octanol–water partition coefficient (Wildman–Crippen LogP) is 1.40. The lowest BCUT2D eigenvalue weighted by Crippen LogP contribution is -2.37. The minimum absolute atomic E-state index is 0.155. The molecule has 7 nitrogen and oxygen atoms in total. The fraction of sp³-hybridized carbons (Fsp3) is 0.556. The normalized spacial score (nSPS) is 18.2. The molecule has 2 aromatic rings. The van der Waals surface area contributed by atoms with Crippen LogP contribution in [-0.2, 0) is 22.5 Å². The van der Waals surface area contributed by atoms with Gasteiger partial charge in [0, 0.05) is 49.6 Å². The molecule has 0 bridgehead atoms. The van der Waals surface area contributed by atoms with Crippen LogP contribution in [-0.4, -0.2) is 56.9 Å². The summed E-state index contributed by atoms with van der Waals surface area (Å²) in [7, 11) is 0. The molecule has 3 heterocycles. The topological polar surface area (TPSA) is 73.1 Å². The number of hydrogen-bond donors (Lipinski definition) is 0. The van der Waals surface area contributed by atoms with Crippen molar-refractivity contribution in [3.8, 4) is 0 Å². The van der Waals surface area contributed by atoms with Crippen LogP contribution >= 0.6 is 0 Å². The number of amides is 1. The molecule has 7 heteroatoms. The summed E-state index contributed by atoms with van der Waals surface area (Å²) in [6.45, 7) is 7.12. The van der Waals surface area contributed by atoms with E-state index in [4.69, 9.17) is 4.74 Å². The molecule has 0 spiro atoms. The third kappa shape index (κ3) is 5.09. The molecule has 0 saturated carbocycles. The number of rotatable bonds is 5. The van der Waals surface area contributed by atoms with Gasteiger partial charge in [-0.1, -0.05) is 0 Å². The Morgan fingerprint density at radius 1 is 1.32 bits per heavy atom. The molecule has 0 aromatic carbocycles. The van der Waals surface area contributed by atoms with Gasteiger partial charge >= 0.3 is 0 Å². The Balaban J connectivity index is 1.56. The van der Waals surface area contributed by atoms with Gasteiger partial charge in [-0.2, -0.15) is 5.10 Å². The van der Waals surface area contributed by atoms with E-state index in [0.29, 0.717) is 39.3 Å². The summed E-state index contributed by atoms with van der Waals surface area (Å²) in [4.78, 5) is 23.0. The first-order valence-electron chi connectivity index (χ1n) is 8.73. The van der Waals surface area contributed by atoms with Crippen LogP contribution in [0.2, 0.25) is 0 Å².